The minimum absolute atomic E-state index is 0.257. The van der Waals surface area contributed by atoms with E-state index < -0.39 is 5.82 Å². The Morgan fingerprint density at radius 1 is 1.08 bits per heavy atom. The van der Waals surface area contributed by atoms with Gasteiger partial charge in [-0.15, -0.1) is 0 Å². The normalized spacial score (nSPS) is 11.2. The van der Waals surface area contributed by atoms with Gasteiger partial charge in [0, 0.05) is 22.9 Å². The first kappa shape index (κ1) is 16.3. The predicted octanol–water partition coefficient (Wildman–Crippen LogP) is 4.45. The first-order chi connectivity index (χ1) is 12.7. The van der Waals surface area contributed by atoms with Gasteiger partial charge in [0.2, 0.25) is 0 Å². The van der Waals surface area contributed by atoms with Crippen molar-refractivity contribution in [1.82, 2.24) is 14.6 Å². The Kier molecular flexibility index (Phi) is 4.13. The Bertz CT molecular complexity index is 1130. The number of hydrogen-bond donors (Lipinski definition) is 1. The summed E-state index contributed by atoms with van der Waals surface area (Å²) in [5, 5.41) is 3.17. The molecule has 0 aliphatic carbocycles. The molecule has 0 fully saturated rings. The SMILES string of the molecule is CCCc1[nH]n2c(=O)cc(-c3ccccc3F)nc2c1-c1ccccc1. The molecule has 5 heteroatoms. The number of benzene rings is 2. The maximum absolute atomic E-state index is 14.2. The van der Waals surface area contributed by atoms with E-state index in [-0.39, 0.29) is 5.56 Å². The van der Waals surface area contributed by atoms with Crippen molar-refractivity contribution >= 4 is 5.65 Å². The van der Waals surface area contributed by atoms with Crippen molar-refractivity contribution in [2.24, 2.45) is 0 Å². The number of aromatic nitrogens is 3. The lowest BCUT2D eigenvalue weighted by molar-refractivity contribution is 0.630. The number of halogens is 1. The van der Waals surface area contributed by atoms with Crippen LogP contribution in [-0.2, 0) is 6.42 Å². The standard InChI is InChI=1S/C21H18FN3O/c1-2-8-17-20(14-9-4-3-5-10-14)21-23-18(13-19(26)25(21)24-17)15-11-6-7-12-16(15)22/h3-7,9-13,24H,2,8H2,1H3. The van der Waals surface area contributed by atoms with Crippen LogP contribution in [0.3, 0.4) is 0 Å². The van der Waals surface area contributed by atoms with Crippen LogP contribution in [0.4, 0.5) is 4.39 Å². The fourth-order valence-electron chi connectivity index (χ4n) is 3.23. The summed E-state index contributed by atoms with van der Waals surface area (Å²) in [7, 11) is 0. The molecule has 2 aromatic carbocycles. The van der Waals surface area contributed by atoms with E-state index in [1.165, 1.54) is 16.6 Å². The maximum Gasteiger partial charge on any atom is 0.273 e. The van der Waals surface area contributed by atoms with Crippen LogP contribution >= 0.6 is 0 Å². The lowest BCUT2D eigenvalue weighted by Gasteiger charge is -2.05. The van der Waals surface area contributed by atoms with Gasteiger partial charge in [0.05, 0.1) is 5.69 Å². The first-order valence-electron chi connectivity index (χ1n) is 8.64. The summed E-state index contributed by atoms with van der Waals surface area (Å²) in [6, 6.07) is 17.6. The molecular weight excluding hydrogens is 329 g/mol. The molecule has 2 aromatic heterocycles. The highest BCUT2D eigenvalue weighted by atomic mass is 19.1. The minimum atomic E-state index is -0.394. The zero-order valence-electron chi connectivity index (χ0n) is 14.4. The van der Waals surface area contributed by atoms with E-state index in [4.69, 9.17) is 0 Å². The summed E-state index contributed by atoms with van der Waals surface area (Å²) in [4.78, 5) is 17.3. The molecule has 0 radical (unpaired) electrons. The van der Waals surface area contributed by atoms with Crippen LogP contribution in [0.2, 0.25) is 0 Å². The van der Waals surface area contributed by atoms with Crippen molar-refractivity contribution in [3.63, 3.8) is 0 Å². The van der Waals surface area contributed by atoms with E-state index in [1.54, 1.807) is 18.2 Å². The van der Waals surface area contributed by atoms with Gasteiger partial charge in [0.25, 0.3) is 5.56 Å². The minimum Gasteiger partial charge on any atom is -0.293 e. The molecule has 4 nitrogen and oxygen atoms in total. The molecule has 26 heavy (non-hydrogen) atoms. The largest absolute Gasteiger partial charge is 0.293 e. The summed E-state index contributed by atoms with van der Waals surface area (Å²) in [6.07, 6.45) is 1.73. The van der Waals surface area contributed by atoms with Gasteiger partial charge < -0.3 is 0 Å². The lowest BCUT2D eigenvalue weighted by Crippen LogP contribution is -2.14. The van der Waals surface area contributed by atoms with Crippen molar-refractivity contribution in [3.05, 3.63) is 82.5 Å². The summed E-state index contributed by atoms with van der Waals surface area (Å²) >= 11 is 0. The third kappa shape index (κ3) is 2.71. The molecule has 0 amide bonds. The van der Waals surface area contributed by atoms with Gasteiger partial charge in [-0.3, -0.25) is 9.89 Å². The van der Waals surface area contributed by atoms with Gasteiger partial charge in [-0.2, -0.15) is 0 Å². The Labute approximate surface area is 149 Å². The Hall–Kier alpha value is -3.21. The van der Waals surface area contributed by atoms with Gasteiger partial charge in [0.15, 0.2) is 5.65 Å². The van der Waals surface area contributed by atoms with Crippen LogP contribution in [0.15, 0.2) is 65.5 Å². The van der Waals surface area contributed by atoms with Crippen LogP contribution in [0, 0.1) is 5.82 Å². The van der Waals surface area contributed by atoms with Crippen molar-refractivity contribution in [2.45, 2.75) is 19.8 Å². The molecule has 0 atom stereocenters. The highest BCUT2D eigenvalue weighted by Gasteiger charge is 2.17. The maximum atomic E-state index is 14.2. The van der Waals surface area contributed by atoms with Crippen molar-refractivity contribution in [1.29, 1.82) is 0 Å². The third-order valence-electron chi connectivity index (χ3n) is 4.40. The van der Waals surface area contributed by atoms with Crippen LogP contribution < -0.4 is 5.56 Å². The van der Waals surface area contributed by atoms with Crippen molar-refractivity contribution in [3.8, 4) is 22.4 Å². The summed E-state index contributed by atoms with van der Waals surface area (Å²) in [5.41, 5.74) is 3.75. The molecule has 4 aromatic rings. The molecule has 0 spiro atoms. The lowest BCUT2D eigenvalue weighted by atomic mass is 10.0. The van der Waals surface area contributed by atoms with E-state index >= 15 is 0 Å². The van der Waals surface area contributed by atoms with Crippen LogP contribution in [0.1, 0.15) is 19.0 Å². The van der Waals surface area contributed by atoms with Gasteiger partial charge >= 0.3 is 0 Å². The fourth-order valence-corrected chi connectivity index (χ4v) is 3.23. The second-order valence-electron chi connectivity index (χ2n) is 6.20. The molecule has 130 valence electrons. The average Bonchev–Trinajstić information content (AvgIpc) is 3.02. The first-order valence-corrected chi connectivity index (χ1v) is 8.64. The van der Waals surface area contributed by atoms with Crippen molar-refractivity contribution < 1.29 is 4.39 Å². The van der Waals surface area contributed by atoms with Crippen LogP contribution in [0.5, 0.6) is 0 Å². The van der Waals surface area contributed by atoms with Gasteiger partial charge in [-0.05, 0) is 24.1 Å². The molecule has 0 saturated carbocycles. The van der Waals surface area contributed by atoms with Crippen LogP contribution in [0.25, 0.3) is 28.0 Å². The number of nitrogens with zero attached hydrogens (tertiary/aromatic N) is 2. The Morgan fingerprint density at radius 2 is 1.81 bits per heavy atom. The van der Waals surface area contributed by atoms with E-state index in [2.05, 4.69) is 17.0 Å². The fraction of sp³-hybridized carbons (Fsp3) is 0.143. The van der Waals surface area contributed by atoms with Crippen LogP contribution in [-0.4, -0.2) is 14.6 Å². The molecule has 0 bridgehead atoms. The van der Waals surface area contributed by atoms with E-state index in [9.17, 15) is 9.18 Å². The number of aryl methyl sites for hydroxylation is 1. The van der Waals surface area contributed by atoms with Gasteiger partial charge in [0.1, 0.15) is 5.82 Å². The molecule has 2 heterocycles. The van der Waals surface area contributed by atoms with E-state index in [0.29, 0.717) is 16.9 Å². The number of aromatic amines is 1. The third-order valence-corrected chi connectivity index (χ3v) is 4.40. The number of H-pyrrole nitrogens is 1. The number of fused-ring (bicyclic) bond motifs is 1. The monoisotopic (exact) mass is 347 g/mol. The molecular formula is C21H18FN3O. The molecule has 0 unspecified atom stereocenters. The second-order valence-corrected chi connectivity index (χ2v) is 6.20. The predicted molar refractivity (Wildman–Crippen MR) is 101 cm³/mol. The molecule has 0 aliphatic rings. The summed E-state index contributed by atoms with van der Waals surface area (Å²) in [6.45, 7) is 2.08. The number of nitrogens with one attached hydrogen (secondary N) is 1. The molecule has 1 N–H and O–H groups in total. The number of rotatable bonds is 4. The average molecular weight is 347 g/mol. The van der Waals surface area contributed by atoms with Gasteiger partial charge in [-0.25, -0.2) is 13.9 Å². The zero-order valence-corrected chi connectivity index (χ0v) is 14.4. The smallest absolute Gasteiger partial charge is 0.273 e. The topological polar surface area (TPSA) is 50.2 Å². The van der Waals surface area contributed by atoms with E-state index in [1.807, 2.05) is 30.3 Å². The Balaban J connectivity index is 2.04. The van der Waals surface area contributed by atoms with E-state index in [0.717, 1.165) is 29.7 Å². The molecule has 4 rings (SSSR count). The molecule has 0 saturated heterocycles. The second kappa shape index (κ2) is 6.59. The quantitative estimate of drug-likeness (QED) is 0.593. The van der Waals surface area contributed by atoms with Crippen molar-refractivity contribution in [2.75, 3.05) is 0 Å². The molecule has 0 aliphatic heterocycles. The zero-order chi connectivity index (χ0) is 18.1. The van der Waals surface area contributed by atoms with Gasteiger partial charge in [-0.1, -0.05) is 55.8 Å². The highest BCUT2D eigenvalue weighted by Crippen LogP contribution is 2.29. The highest BCUT2D eigenvalue weighted by molar-refractivity contribution is 5.81. The summed E-state index contributed by atoms with van der Waals surface area (Å²) < 4.78 is 15.6. The Morgan fingerprint density at radius 3 is 2.54 bits per heavy atom. The number of hydrogen-bond acceptors (Lipinski definition) is 2. The summed E-state index contributed by atoms with van der Waals surface area (Å²) in [5.74, 6) is -0.394.